The summed E-state index contributed by atoms with van der Waals surface area (Å²) >= 11 is 0. The van der Waals surface area contributed by atoms with E-state index < -0.39 is 5.82 Å². The fourth-order valence-corrected chi connectivity index (χ4v) is 3.95. The highest BCUT2D eigenvalue weighted by atomic mass is 19.1. The SMILES string of the molecule is CCNC(=NCCc1cc(F)ccc1F)N1CCC(CN2CCCC2)C1. The summed E-state index contributed by atoms with van der Waals surface area (Å²) < 4.78 is 27.0. The van der Waals surface area contributed by atoms with Gasteiger partial charge in [0.2, 0.25) is 0 Å². The number of aliphatic imine (C=N–C) groups is 1. The van der Waals surface area contributed by atoms with E-state index in [9.17, 15) is 8.78 Å². The molecule has 1 aromatic rings. The van der Waals surface area contributed by atoms with E-state index in [1.165, 1.54) is 51.0 Å². The normalized spacial score (nSPS) is 21.6. The summed E-state index contributed by atoms with van der Waals surface area (Å²) in [4.78, 5) is 9.54. The monoisotopic (exact) mass is 364 g/mol. The lowest BCUT2D eigenvalue weighted by Crippen LogP contribution is -2.41. The van der Waals surface area contributed by atoms with Gasteiger partial charge in [-0.05, 0) is 75.4 Å². The van der Waals surface area contributed by atoms with Gasteiger partial charge in [0.05, 0.1) is 0 Å². The van der Waals surface area contributed by atoms with Crippen LogP contribution in [0.15, 0.2) is 23.2 Å². The molecule has 1 N–H and O–H groups in total. The Hall–Kier alpha value is -1.69. The van der Waals surface area contributed by atoms with Crippen LogP contribution in [0.4, 0.5) is 8.78 Å². The minimum absolute atomic E-state index is 0.363. The smallest absolute Gasteiger partial charge is 0.193 e. The molecular formula is C20H30F2N4. The van der Waals surface area contributed by atoms with Gasteiger partial charge in [-0.3, -0.25) is 4.99 Å². The number of hydrogen-bond acceptors (Lipinski definition) is 2. The average Bonchev–Trinajstić information content (AvgIpc) is 3.30. The molecule has 2 aliphatic rings. The van der Waals surface area contributed by atoms with Gasteiger partial charge >= 0.3 is 0 Å². The number of nitrogens with zero attached hydrogens (tertiary/aromatic N) is 3. The van der Waals surface area contributed by atoms with Crippen LogP contribution in [0.2, 0.25) is 0 Å². The van der Waals surface area contributed by atoms with Gasteiger partial charge in [0.15, 0.2) is 5.96 Å². The maximum Gasteiger partial charge on any atom is 0.193 e. The molecular weight excluding hydrogens is 334 g/mol. The van der Waals surface area contributed by atoms with E-state index in [2.05, 4.69) is 27.0 Å². The van der Waals surface area contributed by atoms with Crippen molar-refractivity contribution in [1.29, 1.82) is 0 Å². The van der Waals surface area contributed by atoms with Crippen LogP contribution in [-0.2, 0) is 6.42 Å². The highest BCUT2D eigenvalue weighted by Gasteiger charge is 2.27. The van der Waals surface area contributed by atoms with E-state index in [0.29, 0.717) is 24.4 Å². The lowest BCUT2D eigenvalue weighted by Gasteiger charge is -2.23. The van der Waals surface area contributed by atoms with Crippen molar-refractivity contribution in [3.63, 3.8) is 0 Å². The number of rotatable bonds is 6. The molecule has 2 saturated heterocycles. The Morgan fingerprint density at radius 1 is 1.23 bits per heavy atom. The van der Waals surface area contributed by atoms with E-state index in [-0.39, 0.29) is 5.82 Å². The quantitative estimate of drug-likeness (QED) is 0.622. The molecule has 1 aromatic carbocycles. The minimum atomic E-state index is -0.401. The Kier molecular flexibility index (Phi) is 6.83. The topological polar surface area (TPSA) is 30.9 Å². The largest absolute Gasteiger partial charge is 0.357 e. The number of likely N-dealkylation sites (tertiary alicyclic amines) is 2. The van der Waals surface area contributed by atoms with Gasteiger partial charge in [-0.1, -0.05) is 0 Å². The Bertz CT molecular complexity index is 614. The summed E-state index contributed by atoms with van der Waals surface area (Å²) in [6.07, 6.45) is 4.26. The van der Waals surface area contributed by atoms with Crippen molar-refractivity contribution in [2.75, 3.05) is 45.8 Å². The maximum atomic E-state index is 13.7. The van der Waals surface area contributed by atoms with Crippen LogP contribution in [0.25, 0.3) is 0 Å². The molecule has 0 amide bonds. The molecule has 144 valence electrons. The van der Waals surface area contributed by atoms with Crippen molar-refractivity contribution >= 4 is 5.96 Å². The van der Waals surface area contributed by atoms with E-state index in [1.807, 2.05) is 0 Å². The first kappa shape index (κ1) is 19.1. The average molecular weight is 364 g/mol. The molecule has 0 saturated carbocycles. The van der Waals surface area contributed by atoms with Crippen LogP contribution in [0.3, 0.4) is 0 Å². The minimum Gasteiger partial charge on any atom is -0.357 e. The number of halogens is 2. The molecule has 2 heterocycles. The van der Waals surface area contributed by atoms with Crippen molar-refractivity contribution in [2.45, 2.75) is 32.6 Å². The first-order valence-electron chi connectivity index (χ1n) is 9.85. The summed E-state index contributed by atoms with van der Waals surface area (Å²) in [6, 6.07) is 3.60. The number of nitrogens with one attached hydrogen (secondary N) is 1. The summed E-state index contributed by atoms with van der Waals surface area (Å²) in [5.74, 6) is 0.825. The van der Waals surface area contributed by atoms with Crippen LogP contribution in [0.5, 0.6) is 0 Å². The van der Waals surface area contributed by atoms with Gasteiger partial charge in [-0.25, -0.2) is 8.78 Å². The zero-order valence-electron chi connectivity index (χ0n) is 15.7. The molecule has 0 bridgehead atoms. The van der Waals surface area contributed by atoms with Gasteiger partial charge in [-0.2, -0.15) is 0 Å². The van der Waals surface area contributed by atoms with Gasteiger partial charge in [-0.15, -0.1) is 0 Å². The molecule has 4 nitrogen and oxygen atoms in total. The van der Waals surface area contributed by atoms with E-state index in [1.54, 1.807) is 0 Å². The molecule has 2 fully saturated rings. The molecule has 0 spiro atoms. The fraction of sp³-hybridized carbons (Fsp3) is 0.650. The summed E-state index contributed by atoms with van der Waals surface area (Å²) in [5, 5.41) is 3.35. The first-order valence-corrected chi connectivity index (χ1v) is 9.85. The Morgan fingerprint density at radius 3 is 2.81 bits per heavy atom. The summed E-state index contributed by atoms with van der Waals surface area (Å²) in [7, 11) is 0. The van der Waals surface area contributed by atoms with Crippen LogP contribution in [-0.4, -0.2) is 61.6 Å². The van der Waals surface area contributed by atoms with Crippen LogP contribution < -0.4 is 5.32 Å². The van der Waals surface area contributed by atoms with Crippen molar-refractivity contribution < 1.29 is 8.78 Å². The summed E-state index contributed by atoms with van der Waals surface area (Å²) in [5.41, 5.74) is 0.387. The zero-order valence-corrected chi connectivity index (χ0v) is 15.7. The standard InChI is InChI=1S/C20H30F2N4/c1-2-23-20(24-9-7-17-13-18(21)5-6-19(17)22)26-12-8-16(15-26)14-25-10-3-4-11-25/h5-6,13,16H,2-4,7-12,14-15H2,1H3,(H,23,24). The third kappa shape index (κ3) is 5.16. The number of hydrogen-bond donors (Lipinski definition) is 1. The van der Waals surface area contributed by atoms with Crippen molar-refractivity contribution in [3.8, 4) is 0 Å². The van der Waals surface area contributed by atoms with Gasteiger partial charge < -0.3 is 15.1 Å². The van der Waals surface area contributed by atoms with Crippen LogP contribution >= 0.6 is 0 Å². The Balaban J connectivity index is 1.54. The van der Waals surface area contributed by atoms with E-state index >= 15 is 0 Å². The highest BCUT2D eigenvalue weighted by Crippen LogP contribution is 2.20. The predicted octanol–water partition coefficient (Wildman–Crippen LogP) is 2.89. The van der Waals surface area contributed by atoms with Gasteiger partial charge in [0.25, 0.3) is 0 Å². The molecule has 6 heteroatoms. The molecule has 0 aliphatic carbocycles. The van der Waals surface area contributed by atoms with Crippen molar-refractivity contribution in [1.82, 2.24) is 15.1 Å². The van der Waals surface area contributed by atoms with Gasteiger partial charge in [0.1, 0.15) is 11.6 Å². The third-order valence-corrected chi connectivity index (χ3v) is 5.29. The highest BCUT2D eigenvalue weighted by molar-refractivity contribution is 5.80. The number of benzene rings is 1. The second-order valence-electron chi connectivity index (χ2n) is 7.33. The second-order valence-corrected chi connectivity index (χ2v) is 7.33. The second kappa shape index (κ2) is 9.31. The molecule has 0 radical (unpaired) electrons. The Morgan fingerprint density at radius 2 is 2.04 bits per heavy atom. The van der Waals surface area contributed by atoms with E-state index in [4.69, 9.17) is 0 Å². The van der Waals surface area contributed by atoms with Crippen molar-refractivity contribution in [2.24, 2.45) is 10.9 Å². The fourth-order valence-electron chi connectivity index (χ4n) is 3.95. The zero-order chi connectivity index (χ0) is 18.4. The third-order valence-electron chi connectivity index (χ3n) is 5.29. The molecule has 1 atom stereocenters. The molecule has 1 unspecified atom stereocenters. The predicted molar refractivity (Wildman–Crippen MR) is 101 cm³/mol. The molecule has 2 aliphatic heterocycles. The molecule has 3 rings (SSSR count). The Labute approximate surface area is 155 Å². The lowest BCUT2D eigenvalue weighted by atomic mass is 10.1. The first-order chi connectivity index (χ1) is 12.7. The molecule has 26 heavy (non-hydrogen) atoms. The molecule has 0 aromatic heterocycles. The lowest BCUT2D eigenvalue weighted by molar-refractivity contribution is 0.281. The van der Waals surface area contributed by atoms with E-state index in [0.717, 1.165) is 31.7 Å². The van der Waals surface area contributed by atoms with Crippen LogP contribution in [0, 0.1) is 17.6 Å². The summed E-state index contributed by atoms with van der Waals surface area (Å²) in [6.45, 7) is 9.02. The van der Waals surface area contributed by atoms with Crippen LogP contribution in [0.1, 0.15) is 31.7 Å². The number of guanidine groups is 1. The maximum absolute atomic E-state index is 13.7. The van der Waals surface area contributed by atoms with Crippen molar-refractivity contribution in [3.05, 3.63) is 35.4 Å². The van der Waals surface area contributed by atoms with Gasteiger partial charge in [0, 0.05) is 32.7 Å².